The molecule has 1 saturated heterocycles. The predicted molar refractivity (Wildman–Crippen MR) is 113 cm³/mol. The van der Waals surface area contributed by atoms with Crippen LogP contribution >= 0.6 is 0 Å². The van der Waals surface area contributed by atoms with E-state index in [0.717, 1.165) is 31.8 Å². The Bertz CT molecular complexity index is 902. The average molecular weight is 417 g/mol. The zero-order chi connectivity index (χ0) is 20.5. The number of sulfonamides is 1. The molecular weight excluding hydrogens is 388 g/mol. The van der Waals surface area contributed by atoms with Crippen LogP contribution in [0.15, 0.2) is 52.8 Å². The summed E-state index contributed by atoms with van der Waals surface area (Å²) in [5.74, 6) is 6.86. The number of ether oxygens (including phenoxy) is 2. The molecule has 3 rings (SSSR count). The van der Waals surface area contributed by atoms with Crippen LogP contribution in [0.25, 0.3) is 0 Å². The van der Waals surface area contributed by atoms with Crippen LogP contribution in [-0.2, 0) is 14.8 Å². The molecule has 1 aliphatic carbocycles. The first kappa shape index (κ1) is 21.3. The van der Waals surface area contributed by atoms with Gasteiger partial charge in [-0.1, -0.05) is 5.92 Å². The number of likely N-dealkylation sites (tertiary alicyclic amines) is 1. The lowest BCUT2D eigenvalue weighted by atomic mass is 10.1. The second-order valence-corrected chi connectivity index (χ2v) is 8.69. The maximum Gasteiger partial charge on any atom is 0.261 e. The highest BCUT2D eigenvalue weighted by atomic mass is 32.2. The molecule has 0 radical (unpaired) electrons. The van der Waals surface area contributed by atoms with Crippen molar-refractivity contribution in [3.8, 4) is 17.6 Å². The lowest BCUT2D eigenvalue weighted by molar-refractivity contribution is 0.178. The minimum absolute atomic E-state index is 0.193. The lowest BCUT2D eigenvalue weighted by Crippen LogP contribution is -2.25. The number of nitrogens with one attached hydrogen (secondary N) is 1. The molecule has 0 amide bonds. The SMILES string of the molecule is CC#CCOc1ccc(S(=O)(=O)NC2=CC(OCCN3CCCC3)=CCC2)cc1. The summed E-state index contributed by atoms with van der Waals surface area (Å²) in [5, 5.41) is 0. The molecule has 0 bridgehead atoms. The lowest BCUT2D eigenvalue weighted by Gasteiger charge is -2.19. The van der Waals surface area contributed by atoms with Gasteiger partial charge >= 0.3 is 0 Å². The zero-order valence-corrected chi connectivity index (χ0v) is 17.6. The molecule has 156 valence electrons. The van der Waals surface area contributed by atoms with E-state index in [4.69, 9.17) is 9.47 Å². The third-order valence-electron chi connectivity index (χ3n) is 4.84. The van der Waals surface area contributed by atoms with Gasteiger partial charge in [0.2, 0.25) is 0 Å². The van der Waals surface area contributed by atoms with Crippen molar-refractivity contribution in [2.45, 2.75) is 37.5 Å². The molecule has 0 saturated carbocycles. The van der Waals surface area contributed by atoms with Crippen molar-refractivity contribution in [2.24, 2.45) is 0 Å². The molecule has 6 nitrogen and oxygen atoms in total. The molecule has 2 aliphatic rings. The second-order valence-electron chi connectivity index (χ2n) is 7.00. The summed E-state index contributed by atoms with van der Waals surface area (Å²) in [6.07, 6.45) is 7.69. The molecule has 0 aromatic heterocycles. The molecule has 29 heavy (non-hydrogen) atoms. The Kier molecular flexibility index (Phi) is 7.62. The van der Waals surface area contributed by atoms with Crippen LogP contribution in [0.4, 0.5) is 0 Å². The van der Waals surface area contributed by atoms with E-state index >= 15 is 0 Å². The highest BCUT2D eigenvalue weighted by Crippen LogP contribution is 2.21. The van der Waals surface area contributed by atoms with Gasteiger partial charge in [-0.25, -0.2) is 8.42 Å². The summed E-state index contributed by atoms with van der Waals surface area (Å²) in [6.45, 7) is 5.82. The van der Waals surface area contributed by atoms with Crippen LogP contribution in [0.2, 0.25) is 0 Å². The van der Waals surface area contributed by atoms with E-state index in [1.807, 2.05) is 6.08 Å². The summed E-state index contributed by atoms with van der Waals surface area (Å²) in [6, 6.07) is 6.33. The van der Waals surface area contributed by atoms with Gasteiger partial charge in [-0.2, -0.15) is 0 Å². The summed E-state index contributed by atoms with van der Waals surface area (Å²) in [4.78, 5) is 2.58. The van der Waals surface area contributed by atoms with Crippen molar-refractivity contribution >= 4 is 10.0 Å². The minimum Gasteiger partial charge on any atom is -0.493 e. The first-order chi connectivity index (χ1) is 14.1. The van der Waals surface area contributed by atoms with Crippen LogP contribution in [0, 0.1) is 11.8 Å². The molecule has 1 aromatic carbocycles. The molecule has 1 aliphatic heterocycles. The molecule has 0 unspecified atom stereocenters. The van der Waals surface area contributed by atoms with Gasteiger partial charge < -0.3 is 9.47 Å². The Balaban J connectivity index is 1.54. The van der Waals surface area contributed by atoms with Gasteiger partial charge in [0, 0.05) is 12.2 Å². The summed E-state index contributed by atoms with van der Waals surface area (Å²) >= 11 is 0. The van der Waals surface area contributed by atoms with Crippen LogP contribution in [0.3, 0.4) is 0 Å². The van der Waals surface area contributed by atoms with Gasteiger partial charge in [-0.3, -0.25) is 9.62 Å². The number of hydrogen-bond acceptors (Lipinski definition) is 5. The summed E-state index contributed by atoms with van der Waals surface area (Å²) in [7, 11) is -3.65. The number of nitrogens with zero attached hydrogens (tertiary/aromatic N) is 1. The maximum absolute atomic E-state index is 12.7. The average Bonchev–Trinajstić information content (AvgIpc) is 3.22. The Morgan fingerprint density at radius 2 is 1.90 bits per heavy atom. The van der Waals surface area contributed by atoms with Crippen molar-refractivity contribution in [1.82, 2.24) is 9.62 Å². The van der Waals surface area contributed by atoms with Crippen LogP contribution in [0.5, 0.6) is 5.75 Å². The van der Waals surface area contributed by atoms with Gasteiger partial charge in [-0.15, -0.1) is 5.92 Å². The van der Waals surface area contributed by atoms with E-state index in [2.05, 4.69) is 21.5 Å². The highest BCUT2D eigenvalue weighted by Gasteiger charge is 2.18. The van der Waals surface area contributed by atoms with Gasteiger partial charge in [0.05, 0.1) is 4.90 Å². The second kappa shape index (κ2) is 10.4. The minimum atomic E-state index is -3.65. The van der Waals surface area contributed by atoms with Crippen LogP contribution in [0.1, 0.15) is 32.6 Å². The molecule has 1 N–H and O–H groups in total. The van der Waals surface area contributed by atoms with Gasteiger partial charge in [0.25, 0.3) is 10.0 Å². The summed E-state index contributed by atoms with van der Waals surface area (Å²) < 4.78 is 39.3. The molecule has 1 aromatic rings. The van der Waals surface area contributed by atoms with E-state index in [0.29, 0.717) is 24.5 Å². The number of allylic oxidation sites excluding steroid dienone is 3. The van der Waals surface area contributed by atoms with E-state index in [9.17, 15) is 8.42 Å². The van der Waals surface area contributed by atoms with Gasteiger partial charge in [0.15, 0.2) is 0 Å². The maximum atomic E-state index is 12.7. The molecule has 7 heteroatoms. The quantitative estimate of drug-likeness (QED) is 0.627. The van der Waals surface area contributed by atoms with Crippen molar-refractivity contribution < 1.29 is 17.9 Å². The van der Waals surface area contributed by atoms with E-state index < -0.39 is 10.0 Å². The fourth-order valence-electron chi connectivity index (χ4n) is 3.29. The standard InChI is InChI=1S/C22H28N2O4S/c1-2-3-16-27-20-9-11-22(12-10-20)29(25,26)23-19-7-6-8-21(18-19)28-17-15-24-13-4-5-14-24/h8-12,18,23H,4-7,13-17H2,1H3. The Morgan fingerprint density at radius 3 is 2.62 bits per heavy atom. The number of benzene rings is 1. The van der Waals surface area contributed by atoms with Crippen LogP contribution < -0.4 is 9.46 Å². The molecular formula is C22H28N2O4S. The topological polar surface area (TPSA) is 67.9 Å². The monoisotopic (exact) mass is 416 g/mol. The third-order valence-corrected chi connectivity index (χ3v) is 6.26. The van der Waals surface area contributed by atoms with Crippen molar-refractivity contribution in [2.75, 3.05) is 32.8 Å². The van der Waals surface area contributed by atoms with Crippen molar-refractivity contribution in [3.05, 3.63) is 47.9 Å². The van der Waals surface area contributed by atoms with Crippen molar-refractivity contribution in [1.29, 1.82) is 0 Å². The number of hydrogen-bond donors (Lipinski definition) is 1. The number of rotatable bonds is 9. The molecule has 1 heterocycles. The van der Waals surface area contributed by atoms with Crippen molar-refractivity contribution in [3.63, 3.8) is 0 Å². The fraction of sp³-hybridized carbons (Fsp3) is 0.455. The van der Waals surface area contributed by atoms with Crippen LogP contribution in [-0.4, -0.2) is 46.2 Å². The molecule has 0 atom stereocenters. The van der Waals surface area contributed by atoms with E-state index in [1.54, 1.807) is 25.1 Å². The van der Waals surface area contributed by atoms with E-state index in [1.165, 1.54) is 25.0 Å². The smallest absolute Gasteiger partial charge is 0.261 e. The Hall–Kier alpha value is -2.43. The molecule has 0 spiro atoms. The van der Waals surface area contributed by atoms with Gasteiger partial charge in [0.1, 0.15) is 24.7 Å². The highest BCUT2D eigenvalue weighted by molar-refractivity contribution is 7.89. The molecule has 1 fully saturated rings. The fourth-order valence-corrected chi connectivity index (χ4v) is 4.41. The largest absolute Gasteiger partial charge is 0.493 e. The van der Waals surface area contributed by atoms with Gasteiger partial charge in [-0.05, 0) is 82.1 Å². The van der Waals surface area contributed by atoms with E-state index in [-0.39, 0.29) is 11.5 Å². The first-order valence-corrected chi connectivity index (χ1v) is 11.5. The normalized spacial score (nSPS) is 17.0. The first-order valence-electron chi connectivity index (χ1n) is 9.98. The Morgan fingerprint density at radius 1 is 1.14 bits per heavy atom. The third kappa shape index (κ3) is 6.55. The predicted octanol–water partition coefficient (Wildman–Crippen LogP) is 3.04. The summed E-state index contributed by atoms with van der Waals surface area (Å²) in [5.41, 5.74) is 0.641. The zero-order valence-electron chi connectivity index (χ0n) is 16.8. The Labute approximate surface area is 173 Å².